The van der Waals surface area contributed by atoms with Crippen molar-refractivity contribution in [3.8, 4) is 5.75 Å². The first-order valence-electron chi connectivity index (χ1n) is 7.61. The van der Waals surface area contributed by atoms with Gasteiger partial charge in [-0.1, -0.05) is 17.7 Å². The third-order valence-electron chi connectivity index (χ3n) is 4.28. The molecule has 1 aromatic carbocycles. The number of halogens is 1. The average molecular weight is 312 g/mol. The van der Waals surface area contributed by atoms with Gasteiger partial charge in [0.2, 0.25) is 0 Å². The Balaban J connectivity index is 1.98. The summed E-state index contributed by atoms with van der Waals surface area (Å²) in [6, 6.07) is 6.11. The van der Waals surface area contributed by atoms with Crippen LogP contribution in [0.15, 0.2) is 18.2 Å². The summed E-state index contributed by atoms with van der Waals surface area (Å²) >= 11 is 6.22. The van der Waals surface area contributed by atoms with Gasteiger partial charge in [0.15, 0.2) is 0 Å². The fourth-order valence-corrected chi connectivity index (χ4v) is 3.19. The van der Waals surface area contributed by atoms with Gasteiger partial charge in [-0.15, -0.1) is 0 Å². The zero-order chi connectivity index (χ0) is 15.2. The zero-order valence-corrected chi connectivity index (χ0v) is 13.8. The highest BCUT2D eigenvalue weighted by Crippen LogP contribution is 2.29. The van der Waals surface area contributed by atoms with Crippen molar-refractivity contribution in [3.63, 3.8) is 0 Å². The molecule has 1 aromatic rings. The summed E-state index contributed by atoms with van der Waals surface area (Å²) in [5, 5.41) is 0.640. The number of methoxy groups -OCH3 is 1. The topological polar surface area (TPSA) is 41.7 Å². The quantitative estimate of drug-likeness (QED) is 0.839. The van der Waals surface area contributed by atoms with Gasteiger partial charge in [-0.3, -0.25) is 4.90 Å². The lowest BCUT2D eigenvalue weighted by Crippen LogP contribution is -2.36. The third kappa shape index (κ3) is 4.33. The fraction of sp³-hybridized carbons (Fsp3) is 0.625. The summed E-state index contributed by atoms with van der Waals surface area (Å²) in [7, 11) is 3.76. The van der Waals surface area contributed by atoms with Gasteiger partial charge >= 0.3 is 0 Å². The molecule has 1 fully saturated rings. The molecule has 1 aliphatic heterocycles. The summed E-state index contributed by atoms with van der Waals surface area (Å²) in [6.45, 7) is 5.17. The minimum atomic E-state index is 0.191. The first-order valence-corrected chi connectivity index (χ1v) is 7.99. The van der Waals surface area contributed by atoms with Gasteiger partial charge in [-0.05, 0) is 50.7 Å². The van der Waals surface area contributed by atoms with Crippen LogP contribution in [0.4, 0.5) is 0 Å². The van der Waals surface area contributed by atoms with Gasteiger partial charge in [0, 0.05) is 25.7 Å². The predicted molar refractivity (Wildman–Crippen MR) is 88.1 cm³/mol. The van der Waals surface area contributed by atoms with E-state index in [4.69, 9.17) is 22.1 Å². The Kier molecular flexibility index (Phi) is 6.30. The molecule has 0 aliphatic carbocycles. The van der Waals surface area contributed by atoms with Gasteiger partial charge in [-0.25, -0.2) is 0 Å². The second kappa shape index (κ2) is 7.99. The third-order valence-corrected chi connectivity index (χ3v) is 4.58. The first-order chi connectivity index (χ1) is 10.2. The lowest BCUT2D eigenvalue weighted by molar-refractivity contribution is 0.209. The summed E-state index contributed by atoms with van der Waals surface area (Å²) in [6.07, 6.45) is 2.66. The molecule has 2 rings (SSSR count). The Hall–Kier alpha value is -0.810. The van der Waals surface area contributed by atoms with E-state index in [2.05, 4.69) is 22.9 Å². The summed E-state index contributed by atoms with van der Waals surface area (Å²) in [4.78, 5) is 4.83. The molecule has 0 bridgehead atoms. The molecule has 1 aliphatic rings. The lowest BCUT2D eigenvalue weighted by atomic mass is 10.1. The van der Waals surface area contributed by atoms with Crippen molar-refractivity contribution in [2.45, 2.75) is 18.9 Å². The van der Waals surface area contributed by atoms with Gasteiger partial charge in [0.25, 0.3) is 0 Å². The fourth-order valence-electron chi connectivity index (χ4n) is 2.92. The van der Waals surface area contributed by atoms with Crippen molar-refractivity contribution in [3.05, 3.63) is 28.8 Å². The summed E-state index contributed by atoms with van der Waals surface area (Å²) in [5.74, 6) is 0.705. The van der Waals surface area contributed by atoms with Crippen molar-refractivity contribution in [1.29, 1.82) is 0 Å². The maximum absolute atomic E-state index is 6.22. The Morgan fingerprint density at radius 3 is 2.67 bits per heavy atom. The highest BCUT2D eigenvalue weighted by Gasteiger charge is 2.18. The molecule has 1 saturated heterocycles. The number of hydrogen-bond acceptors (Lipinski definition) is 4. The van der Waals surface area contributed by atoms with Crippen molar-refractivity contribution in [2.24, 2.45) is 5.73 Å². The smallest absolute Gasteiger partial charge is 0.137 e. The molecule has 0 spiro atoms. The van der Waals surface area contributed by atoms with Gasteiger partial charge < -0.3 is 15.4 Å². The number of ether oxygens (including phenoxy) is 1. The average Bonchev–Trinajstić information content (AvgIpc) is 2.99. The molecule has 4 nitrogen and oxygen atoms in total. The monoisotopic (exact) mass is 311 g/mol. The molecule has 0 radical (unpaired) electrons. The number of nitrogens with zero attached hydrogens (tertiary/aromatic N) is 2. The SMILES string of the molecule is COc1ccc(C(CN)N(C)CCN2CCCC2)cc1Cl. The lowest BCUT2D eigenvalue weighted by Gasteiger charge is -2.29. The summed E-state index contributed by atoms with van der Waals surface area (Å²) in [5.41, 5.74) is 7.13. The van der Waals surface area contributed by atoms with Crippen molar-refractivity contribution >= 4 is 11.6 Å². The molecule has 21 heavy (non-hydrogen) atoms. The maximum Gasteiger partial charge on any atom is 0.137 e. The minimum absolute atomic E-state index is 0.191. The number of likely N-dealkylation sites (N-methyl/N-ethyl adjacent to an activating group) is 1. The highest BCUT2D eigenvalue weighted by atomic mass is 35.5. The van der Waals surface area contributed by atoms with Gasteiger partial charge in [0.1, 0.15) is 5.75 Å². The van der Waals surface area contributed by atoms with Crippen molar-refractivity contribution < 1.29 is 4.74 Å². The van der Waals surface area contributed by atoms with E-state index >= 15 is 0 Å². The Bertz CT molecular complexity index is 449. The number of nitrogens with two attached hydrogens (primary N) is 1. The van der Waals surface area contributed by atoms with Crippen LogP contribution in [-0.2, 0) is 0 Å². The van der Waals surface area contributed by atoms with Crippen LogP contribution in [0.2, 0.25) is 5.02 Å². The van der Waals surface area contributed by atoms with Crippen LogP contribution >= 0.6 is 11.6 Å². The minimum Gasteiger partial charge on any atom is -0.495 e. The van der Waals surface area contributed by atoms with E-state index in [1.54, 1.807) is 7.11 Å². The largest absolute Gasteiger partial charge is 0.495 e. The Labute approximate surface area is 132 Å². The normalized spacial score (nSPS) is 17.4. The van der Waals surface area contributed by atoms with E-state index in [9.17, 15) is 0 Å². The summed E-state index contributed by atoms with van der Waals surface area (Å²) < 4.78 is 5.21. The van der Waals surface area contributed by atoms with E-state index in [0.29, 0.717) is 17.3 Å². The second-order valence-corrected chi connectivity index (χ2v) is 6.08. The molecule has 118 valence electrons. The van der Waals surface area contributed by atoms with Crippen LogP contribution in [0.1, 0.15) is 24.4 Å². The van der Waals surface area contributed by atoms with E-state index in [1.165, 1.54) is 25.9 Å². The van der Waals surface area contributed by atoms with Crippen LogP contribution in [0.3, 0.4) is 0 Å². The number of rotatable bonds is 7. The van der Waals surface area contributed by atoms with E-state index in [1.807, 2.05) is 12.1 Å². The number of hydrogen-bond donors (Lipinski definition) is 1. The van der Waals surface area contributed by atoms with Crippen LogP contribution in [0, 0.1) is 0 Å². The molecular weight excluding hydrogens is 286 g/mol. The second-order valence-electron chi connectivity index (χ2n) is 5.67. The molecule has 0 aromatic heterocycles. The predicted octanol–water partition coefficient (Wildman–Crippen LogP) is 2.38. The van der Waals surface area contributed by atoms with Crippen molar-refractivity contribution in [2.75, 3.05) is 46.9 Å². The van der Waals surface area contributed by atoms with Crippen molar-refractivity contribution in [1.82, 2.24) is 9.80 Å². The molecule has 1 heterocycles. The molecule has 1 atom stereocenters. The number of benzene rings is 1. The van der Waals surface area contributed by atoms with E-state index < -0.39 is 0 Å². The van der Waals surface area contributed by atoms with Gasteiger partial charge in [0.05, 0.1) is 12.1 Å². The van der Waals surface area contributed by atoms with Gasteiger partial charge in [-0.2, -0.15) is 0 Å². The molecular formula is C16H26ClN3O. The molecule has 0 amide bonds. The maximum atomic E-state index is 6.22. The van der Waals surface area contributed by atoms with Crippen LogP contribution in [0.25, 0.3) is 0 Å². The van der Waals surface area contributed by atoms with Crippen LogP contribution < -0.4 is 10.5 Å². The van der Waals surface area contributed by atoms with E-state index in [0.717, 1.165) is 18.7 Å². The molecule has 2 N–H and O–H groups in total. The van der Waals surface area contributed by atoms with Crippen LogP contribution in [0.5, 0.6) is 5.75 Å². The Morgan fingerprint density at radius 2 is 2.10 bits per heavy atom. The molecule has 0 saturated carbocycles. The van der Waals surface area contributed by atoms with Crippen LogP contribution in [-0.4, -0.2) is 56.7 Å². The molecule has 5 heteroatoms. The highest BCUT2D eigenvalue weighted by molar-refractivity contribution is 6.32. The zero-order valence-electron chi connectivity index (χ0n) is 13.0. The van der Waals surface area contributed by atoms with E-state index in [-0.39, 0.29) is 6.04 Å². The number of likely N-dealkylation sites (tertiary alicyclic amines) is 1. The standard InChI is InChI=1S/C16H26ClN3O/c1-19(9-10-20-7-3-4-8-20)15(12-18)13-5-6-16(21-2)14(17)11-13/h5-6,11,15H,3-4,7-10,12,18H2,1-2H3. The first kappa shape index (κ1) is 16.6. The Morgan fingerprint density at radius 1 is 1.38 bits per heavy atom. The molecule has 1 unspecified atom stereocenters.